The molecular weight excluding hydrogens is 243 g/mol. The van der Waals surface area contributed by atoms with Crippen LogP contribution in [0.5, 0.6) is 0 Å². The van der Waals surface area contributed by atoms with Crippen LogP contribution in [0.4, 0.5) is 4.39 Å². The van der Waals surface area contributed by atoms with Gasteiger partial charge >= 0.3 is 0 Å². The smallest absolute Gasteiger partial charge is 0.160 e. The third kappa shape index (κ3) is 2.22. The molecular formula is C14H11FN4. The fourth-order valence-corrected chi connectivity index (χ4v) is 1.84. The molecule has 0 aliphatic carbocycles. The molecule has 0 saturated heterocycles. The molecule has 2 aromatic heterocycles. The molecule has 3 aromatic rings. The highest BCUT2D eigenvalue weighted by Crippen LogP contribution is 2.19. The Kier molecular flexibility index (Phi) is 2.79. The first-order chi connectivity index (χ1) is 9.24. The van der Waals surface area contributed by atoms with E-state index in [0.29, 0.717) is 11.4 Å². The van der Waals surface area contributed by atoms with Crippen LogP contribution in [0.25, 0.3) is 22.8 Å². The van der Waals surface area contributed by atoms with Crippen molar-refractivity contribution in [2.75, 3.05) is 0 Å². The van der Waals surface area contributed by atoms with E-state index in [0.717, 1.165) is 11.4 Å². The molecule has 0 unspecified atom stereocenters. The average molecular weight is 254 g/mol. The van der Waals surface area contributed by atoms with Gasteiger partial charge in [0.25, 0.3) is 0 Å². The summed E-state index contributed by atoms with van der Waals surface area (Å²) < 4.78 is 14.7. The zero-order valence-corrected chi connectivity index (χ0v) is 10.3. The Labute approximate surface area is 109 Å². The molecule has 2 heterocycles. The highest BCUT2D eigenvalue weighted by molar-refractivity contribution is 5.60. The summed E-state index contributed by atoms with van der Waals surface area (Å²) in [6, 6.07) is 9.88. The number of benzene rings is 1. The minimum atomic E-state index is -0.263. The van der Waals surface area contributed by atoms with Crippen LogP contribution in [-0.2, 0) is 7.05 Å². The van der Waals surface area contributed by atoms with Gasteiger partial charge in [0.1, 0.15) is 11.5 Å². The molecule has 1 aromatic carbocycles. The molecule has 0 spiro atoms. The second-order valence-corrected chi connectivity index (χ2v) is 4.17. The number of rotatable bonds is 2. The van der Waals surface area contributed by atoms with Gasteiger partial charge < -0.3 is 4.57 Å². The zero-order valence-electron chi connectivity index (χ0n) is 10.3. The first kappa shape index (κ1) is 11.5. The highest BCUT2D eigenvalue weighted by Gasteiger charge is 2.06. The van der Waals surface area contributed by atoms with Gasteiger partial charge in [-0.2, -0.15) is 0 Å². The molecule has 0 aliphatic rings. The first-order valence-corrected chi connectivity index (χ1v) is 5.81. The second kappa shape index (κ2) is 4.61. The maximum Gasteiger partial charge on any atom is 0.160 e. The summed E-state index contributed by atoms with van der Waals surface area (Å²) >= 11 is 0. The second-order valence-electron chi connectivity index (χ2n) is 4.17. The molecule has 0 atom stereocenters. The predicted octanol–water partition coefficient (Wildman–Crippen LogP) is 2.68. The summed E-state index contributed by atoms with van der Waals surface area (Å²) in [6.45, 7) is 0. The Balaban J connectivity index is 1.95. The summed E-state index contributed by atoms with van der Waals surface area (Å²) in [5.41, 5.74) is 2.25. The SMILES string of the molecule is Cn1ccnc1-c1ccc(-c2ccc(F)cc2)nn1. The standard InChI is InChI=1S/C14H11FN4/c1-19-9-8-16-14(19)13-7-6-12(17-18-13)10-2-4-11(15)5-3-10/h2-9H,1H3. The van der Waals surface area contributed by atoms with E-state index in [2.05, 4.69) is 15.2 Å². The molecule has 0 fully saturated rings. The van der Waals surface area contributed by atoms with E-state index in [9.17, 15) is 4.39 Å². The lowest BCUT2D eigenvalue weighted by atomic mass is 10.1. The topological polar surface area (TPSA) is 43.6 Å². The molecule has 3 rings (SSSR count). The number of hydrogen-bond acceptors (Lipinski definition) is 3. The third-order valence-corrected chi connectivity index (χ3v) is 2.85. The summed E-state index contributed by atoms with van der Waals surface area (Å²) in [6.07, 6.45) is 3.57. The van der Waals surface area contributed by atoms with Gasteiger partial charge in [-0.3, -0.25) is 0 Å². The largest absolute Gasteiger partial charge is 0.333 e. The van der Waals surface area contributed by atoms with Gasteiger partial charge in [0, 0.05) is 25.0 Å². The van der Waals surface area contributed by atoms with Crippen molar-refractivity contribution in [1.29, 1.82) is 0 Å². The maximum atomic E-state index is 12.8. The predicted molar refractivity (Wildman–Crippen MR) is 69.6 cm³/mol. The Morgan fingerprint density at radius 1 is 0.947 bits per heavy atom. The number of halogens is 1. The fourth-order valence-electron chi connectivity index (χ4n) is 1.84. The Morgan fingerprint density at radius 3 is 2.21 bits per heavy atom. The van der Waals surface area contributed by atoms with E-state index < -0.39 is 0 Å². The number of nitrogens with zero attached hydrogens (tertiary/aromatic N) is 4. The zero-order chi connectivity index (χ0) is 13.2. The van der Waals surface area contributed by atoms with Gasteiger partial charge in [0.15, 0.2) is 5.82 Å². The molecule has 0 amide bonds. The Bertz CT molecular complexity index is 686. The van der Waals surface area contributed by atoms with Gasteiger partial charge in [-0.05, 0) is 36.4 Å². The van der Waals surface area contributed by atoms with Gasteiger partial charge in [-0.25, -0.2) is 9.37 Å². The Hall–Kier alpha value is -2.56. The minimum Gasteiger partial charge on any atom is -0.333 e. The van der Waals surface area contributed by atoms with Crippen molar-refractivity contribution in [3.63, 3.8) is 0 Å². The van der Waals surface area contributed by atoms with Crippen LogP contribution in [0, 0.1) is 5.82 Å². The number of imidazole rings is 1. The van der Waals surface area contributed by atoms with Crippen LogP contribution in [0.3, 0.4) is 0 Å². The van der Waals surface area contributed by atoms with Gasteiger partial charge in [-0.1, -0.05) is 0 Å². The van der Waals surface area contributed by atoms with Crippen molar-refractivity contribution in [3.05, 3.63) is 54.6 Å². The molecule has 19 heavy (non-hydrogen) atoms. The van der Waals surface area contributed by atoms with Crippen molar-refractivity contribution < 1.29 is 4.39 Å². The van der Waals surface area contributed by atoms with Crippen LogP contribution in [0.2, 0.25) is 0 Å². The summed E-state index contributed by atoms with van der Waals surface area (Å²) in [5.74, 6) is 0.500. The van der Waals surface area contributed by atoms with Gasteiger partial charge in [-0.15, -0.1) is 10.2 Å². The van der Waals surface area contributed by atoms with Crippen molar-refractivity contribution in [1.82, 2.24) is 19.7 Å². The lowest BCUT2D eigenvalue weighted by Gasteiger charge is -2.02. The van der Waals surface area contributed by atoms with E-state index in [-0.39, 0.29) is 5.82 Å². The third-order valence-electron chi connectivity index (χ3n) is 2.85. The van der Waals surface area contributed by atoms with Crippen molar-refractivity contribution in [2.45, 2.75) is 0 Å². The summed E-state index contributed by atoms with van der Waals surface area (Å²) in [4.78, 5) is 4.21. The minimum absolute atomic E-state index is 0.263. The Morgan fingerprint density at radius 2 is 1.63 bits per heavy atom. The van der Waals surface area contributed by atoms with E-state index >= 15 is 0 Å². The normalized spacial score (nSPS) is 10.6. The van der Waals surface area contributed by atoms with E-state index in [1.54, 1.807) is 18.3 Å². The van der Waals surface area contributed by atoms with Crippen molar-refractivity contribution >= 4 is 0 Å². The maximum absolute atomic E-state index is 12.8. The van der Waals surface area contributed by atoms with Gasteiger partial charge in [0.2, 0.25) is 0 Å². The highest BCUT2D eigenvalue weighted by atomic mass is 19.1. The van der Waals surface area contributed by atoms with Crippen LogP contribution in [0.15, 0.2) is 48.8 Å². The lowest BCUT2D eigenvalue weighted by Crippen LogP contribution is -1.96. The van der Waals surface area contributed by atoms with Crippen molar-refractivity contribution in [3.8, 4) is 22.8 Å². The number of aryl methyl sites for hydroxylation is 1. The molecule has 4 nitrogen and oxygen atoms in total. The monoisotopic (exact) mass is 254 g/mol. The van der Waals surface area contributed by atoms with Gasteiger partial charge in [0.05, 0.1) is 5.69 Å². The molecule has 0 radical (unpaired) electrons. The first-order valence-electron chi connectivity index (χ1n) is 5.81. The molecule has 0 saturated carbocycles. The van der Waals surface area contributed by atoms with E-state index in [4.69, 9.17) is 0 Å². The molecule has 94 valence electrons. The quantitative estimate of drug-likeness (QED) is 0.706. The number of aromatic nitrogens is 4. The molecule has 0 bridgehead atoms. The molecule has 0 N–H and O–H groups in total. The van der Waals surface area contributed by atoms with Crippen LogP contribution in [-0.4, -0.2) is 19.7 Å². The van der Waals surface area contributed by atoms with Crippen LogP contribution >= 0.6 is 0 Å². The number of hydrogen-bond donors (Lipinski definition) is 0. The van der Waals surface area contributed by atoms with Crippen molar-refractivity contribution in [2.24, 2.45) is 7.05 Å². The summed E-state index contributed by atoms with van der Waals surface area (Å²) in [5, 5.41) is 8.30. The van der Waals surface area contributed by atoms with Crippen LogP contribution in [0.1, 0.15) is 0 Å². The molecule has 0 aliphatic heterocycles. The summed E-state index contributed by atoms with van der Waals surface area (Å²) in [7, 11) is 1.90. The van der Waals surface area contributed by atoms with E-state index in [1.165, 1.54) is 12.1 Å². The fraction of sp³-hybridized carbons (Fsp3) is 0.0714. The lowest BCUT2D eigenvalue weighted by molar-refractivity contribution is 0.628. The van der Waals surface area contributed by atoms with Crippen LogP contribution < -0.4 is 0 Å². The van der Waals surface area contributed by atoms with E-state index in [1.807, 2.05) is 29.9 Å². The average Bonchev–Trinajstić information content (AvgIpc) is 2.86. The molecule has 5 heteroatoms.